The topological polar surface area (TPSA) is 26.0 Å². The van der Waals surface area contributed by atoms with Crippen LogP contribution >= 0.6 is 11.8 Å². The summed E-state index contributed by atoms with van der Waals surface area (Å²) in [6, 6.07) is 54.2. The Balaban J connectivity index is 1.17. The lowest BCUT2D eigenvalue weighted by molar-refractivity contribution is 0.669. The third kappa shape index (κ3) is 4.81. The summed E-state index contributed by atoms with van der Waals surface area (Å²) in [5.74, 6) is 1.99. The Morgan fingerprint density at radius 3 is 1.59 bits per heavy atom. The van der Waals surface area contributed by atoms with E-state index in [2.05, 4.69) is 140 Å². The van der Waals surface area contributed by atoms with E-state index in [4.69, 9.17) is 9.40 Å². The molecule has 0 bridgehead atoms. The number of hydrogen-bond donors (Lipinski definition) is 0. The lowest BCUT2D eigenvalue weighted by Gasteiger charge is -2.15. The van der Waals surface area contributed by atoms with Gasteiger partial charge in [0, 0.05) is 33.4 Å². The first-order chi connectivity index (χ1) is 22.8. The van der Waals surface area contributed by atoms with Gasteiger partial charge < -0.3 is 4.42 Å². The summed E-state index contributed by atoms with van der Waals surface area (Å²) in [6.07, 6.45) is 0. The average Bonchev–Trinajstić information content (AvgIpc) is 3.40. The molecule has 0 unspecified atom stereocenters. The summed E-state index contributed by atoms with van der Waals surface area (Å²) in [5.41, 5.74) is 16.1. The second kappa shape index (κ2) is 11.2. The molecule has 218 valence electrons. The van der Waals surface area contributed by atoms with E-state index >= 15 is 0 Å². The maximum atomic E-state index is 6.24. The maximum Gasteiger partial charge on any atom is 0.136 e. The molecule has 0 saturated heterocycles. The minimum Gasteiger partial charge on any atom is -0.456 e. The van der Waals surface area contributed by atoms with Crippen LogP contribution in [-0.2, 0) is 11.5 Å². The molecule has 3 heteroatoms. The normalized spacial score (nSPS) is 12.5. The SMILES string of the molecule is c1ccc(-c2cc(-c3ccc4c(c3)-c3cc(-c5ccc6c(c5)oc5ccccc56)ccc3CSC4)cc(-c3ccccc3)n2)cc1. The summed E-state index contributed by atoms with van der Waals surface area (Å²) in [4.78, 5) is 5.11. The quantitative estimate of drug-likeness (QED) is 0.199. The van der Waals surface area contributed by atoms with Gasteiger partial charge in [0.15, 0.2) is 0 Å². The van der Waals surface area contributed by atoms with Gasteiger partial charge in [0.25, 0.3) is 0 Å². The van der Waals surface area contributed by atoms with E-state index < -0.39 is 0 Å². The molecule has 0 atom stereocenters. The third-order valence-electron chi connectivity index (χ3n) is 9.03. The van der Waals surface area contributed by atoms with E-state index in [1.165, 1.54) is 38.9 Å². The van der Waals surface area contributed by atoms with E-state index in [0.717, 1.165) is 61.5 Å². The van der Waals surface area contributed by atoms with Gasteiger partial charge in [0.05, 0.1) is 11.4 Å². The first-order valence-electron chi connectivity index (χ1n) is 15.7. The van der Waals surface area contributed by atoms with Crippen LogP contribution in [0.25, 0.3) is 77.8 Å². The molecule has 0 N–H and O–H groups in total. The highest BCUT2D eigenvalue weighted by Gasteiger charge is 2.18. The molecule has 9 rings (SSSR count). The molecule has 1 aliphatic rings. The van der Waals surface area contributed by atoms with Gasteiger partial charge in [-0.05, 0) is 87.0 Å². The first kappa shape index (κ1) is 27.0. The first-order valence-corrected chi connectivity index (χ1v) is 16.8. The molecule has 8 aromatic rings. The molecule has 3 heterocycles. The number of hydrogen-bond acceptors (Lipinski definition) is 3. The van der Waals surface area contributed by atoms with Crippen molar-refractivity contribution in [3.8, 4) is 55.9 Å². The van der Waals surface area contributed by atoms with Crippen LogP contribution in [0.15, 0.2) is 156 Å². The summed E-state index contributed by atoms with van der Waals surface area (Å²) in [6.45, 7) is 0. The van der Waals surface area contributed by atoms with Gasteiger partial charge in [-0.2, -0.15) is 11.8 Å². The zero-order valence-electron chi connectivity index (χ0n) is 25.1. The predicted octanol–water partition coefficient (Wildman–Crippen LogP) is 12.1. The summed E-state index contributed by atoms with van der Waals surface area (Å²) < 4.78 is 6.24. The molecule has 46 heavy (non-hydrogen) atoms. The minimum absolute atomic E-state index is 0.924. The number of furan rings is 1. The van der Waals surface area contributed by atoms with Crippen molar-refractivity contribution in [2.24, 2.45) is 0 Å². The van der Waals surface area contributed by atoms with Gasteiger partial charge >= 0.3 is 0 Å². The third-order valence-corrected chi connectivity index (χ3v) is 10.1. The van der Waals surface area contributed by atoms with Crippen molar-refractivity contribution in [3.63, 3.8) is 0 Å². The predicted molar refractivity (Wildman–Crippen MR) is 194 cm³/mol. The Kier molecular flexibility index (Phi) is 6.57. The molecule has 2 aromatic heterocycles. The largest absolute Gasteiger partial charge is 0.456 e. The van der Waals surface area contributed by atoms with Gasteiger partial charge in [0.2, 0.25) is 0 Å². The van der Waals surface area contributed by atoms with Crippen molar-refractivity contribution in [1.82, 2.24) is 4.98 Å². The Labute approximate surface area is 272 Å². The second-order valence-corrected chi connectivity index (χ2v) is 12.9. The molecule has 0 fully saturated rings. The van der Waals surface area contributed by atoms with E-state index in [0.29, 0.717) is 0 Å². The van der Waals surface area contributed by atoms with Crippen molar-refractivity contribution >= 4 is 33.7 Å². The fourth-order valence-corrected chi connectivity index (χ4v) is 7.70. The standard InChI is InChI=1S/C43H29NOS/c1-3-9-28(10-4-1)40-23-35(24-41(44-40)29-11-5-2-6-12-29)31-16-18-34-27-46-26-33-17-15-30(21-38(33)39(34)22-31)32-19-20-37-36-13-7-8-14-42(36)45-43(37)25-32/h1-25H,26-27H2. The Morgan fingerprint density at radius 2 is 0.935 bits per heavy atom. The van der Waals surface area contributed by atoms with E-state index in [1.807, 2.05) is 23.9 Å². The average molecular weight is 608 g/mol. The van der Waals surface area contributed by atoms with Crippen molar-refractivity contribution in [1.29, 1.82) is 0 Å². The molecule has 0 radical (unpaired) electrons. The molecule has 0 aliphatic carbocycles. The van der Waals surface area contributed by atoms with Crippen LogP contribution in [0.5, 0.6) is 0 Å². The Bertz CT molecular complexity index is 2330. The highest BCUT2D eigenvalue weighted by Crippen LogP contribution is 2.42. The van der Waals surface area contributed by atoms with E-state index in [1.54, 1.807) is 0 Å². The highest BCUT2D eigenvalue weighted by molar-refractivity contribution is 7.97. The van der Waals surface area contributed by atoms with Crippen LogP contribution in [-0.4, -0.2) is 4.98 Å². The number of fused-ring (bicyclic) bond motifs is 6. The summed E-state index contributed by atoms with van der Waals surface area (Å²) in [5, 5.41) is 2.31. The van der Waals surface area contributed by atoms with Crippen molar-refractivity contribution in [2.45, 2.75) is 11.5 Å². The maximum absolute atomic E-state index is 6.24. The smallest absolute Gasteiger partial charge is 0.136 e. The Morgan fingerprint density at radius 1 is 0.413 bits per heavy atom. The van der Waals surface area contributed by atoms with Gasteiger partial charge in [-0.1, -0.05) is 109 Å². The molecular weight excluding hydrogens is 579 g/mol. The van der Waals surface area contributed by atoms with Gasteiger partial charge in [-0.25, -0.2) is 4.98 Å². The number of pyridine rings is 1. The van der Waals surface area contributed by atoms with Crippen LogP contribution in [0.1, 0.15) is 11.1 Å². The van der Waals surface area contributed by atoms with Crippen LogP contribution in [0.2, 0.25) is 0 Å². The summed E-state index contributed by atoms with van der Waals surface area (Å²) >= 11 is 1.98. The van der Waals surface area contributed by atoms with Crippen molar-refractivity contribution in [2.75, 3.05) is 0 Å². The van der Waals surface area contributed by atoms with Gasteiger partial charge in [0.1, 0.15) is 11.2 Å². The van der Waals surface area contributed by atoms with Gasteiger partial charge in [-0.3, -0.25) is 0 Å². The molecule has 0 spiro atoms. The molecule has 6 aromatic carbocycles. The van der Waals surface area contributed by atoms with Crippen LogP contribution in [0.4, 0.5) is 0 Å². The molecule has 2 nitrogen and oxygen atoms in total. The number of nitrogens with zero attached hydrogens (tertiary/aromatic N) is 1. The lowest BCUT2D eigenvalue weighted by Crippen LogP contribution is -1.93. The highest BCUT2D eigenvalue weighted by atomic mass is 32.2. The molecular formula is C43H29NOS. The van der Waals surface area contributed by atoms with Crippen molar-refractivity contribution < 1.29 is 4.42 Å². The van der Waals surface area contributed by atoms with E-state index in [9.17, 15) is 0 Å². The fourth-order valence-electron chi connectivity index (χ4n) is 6.65. The molecule has 0 saturated carbocycles. The van der Waals surface area contributed by atoms with Crippen LogP contribution in [0.3, 0.4) is 0 Å². The second-order valence-electron chi connectivity index (χ2n) is 11.9. The van der Waals surface area contributed by atoms with Gasteiger partial charge in [-0.15, -0.1) is 0 Å². The van der Waals surface area contributed by atoms with Crippen LogP contribution in [0, 0.1) is 0 Å². The summed E-state index contributed by atoms with van der Waals surface area (Å²) in [7, 11) is 0. The number of para-hydroxylation sites is 1. The molecule has 0 amide bonds. The zero-order chi connectivity index (χ0) is 30.5. The lowest BCUT2D eigenvalue weighted by atomic mass is 9.90. The fraction of sp³-hybridized carbons (Fsp3) is 0.0465. The molecule has 1 aliphatic heterocycles. The number of rotatable bonds is 4. The minimum atomic E-state index is 0.924. The van der Waals surface area contributed by atoms with E-state index in [-0.39, 0.29) is 0 Å². The monoisotopic (exact) mass is 607 g/mol. The van der Waals surface area contributed by atoms with Crippen LogP contribution < -0.4 is 0 Å². The van der Waals surface area contributed by atoms with Crippen molar-refractivity contribution in [3.05, 3.63) is 163 Å². The zero-order valence-corrected chi connectivity index (χ0v) is 25.9. The number of thioether (sulfide) groups is 1. The number of aromatic nitrogens is 1. The number of benzene rings is 6. The Hall–Kier alpha value is -5.38.